The first-order chi connectivity index (χ1) is 14.7. The van der Waals surface area contributed by atoms with E-state index < -0.39 is 17.6 Å². The second-order valence-corrected chi connectivity index (χ2v) is 7.76. The van der Waals surface area contributed by atoms with Crippen LogP contribution < -0.4 is 10.2 Å². The summed E-state index contributed by atoms with van der Waals surface area (Å²) in [4.78, 5) is 39.1. The van der Waals surface area contributed by atoms with Gasteiger partial charge in [-0.15, -0.1) is 0 Å². The zero-order valence-corrected chi connectivity index (χ0v) is 16.6. The number of carbonyl (C=O) groups excluding carboxylic acids is 3. The molecule has 0 bridgehead atoms. The van der Waals surface area contributed by atoms with Crippen molar-refractivity contribution in [1.82, 2.24) is 0 Å². The molecule has 8 heteroatoms. The van der Waals surface area contributed by atoms with Crippen LogP contribution in [0.5, 0.6) is 0 Å². The van der Waals surface area contributed by atoms with Crippen LogP contribution in [0.2, 0.25) is 0 Å². The molecule has 2 atom stereocenters. The molecule has 1 aliphatic heterocycles. The molecular formula is C23H19F3N2O3. The van der Waals surface area contributed by atoms with Crippen molar-refractivity contribution in [3.63, 3.8) is 0 Å². The molecule has 1 heterocycles. The molecule has 2 aromatic rings. The summed E-state index contributed by atoms with van der Waals surface area (Å²) in [5.41, 5.74) is 0.236. The van der Waals surface area contributed by atoms with E-state index in [4.69, 9.17) is 0 Å². The van der Waals surface area contributed by atoms with Crippen LogP contribution in [-0.4, -0.2) is 17.7 Å². The van der Waals surface area contributed by atoms with E-state index in [2.05, 4.69) is 5.32 Å². The molecule has 31 heavy (non-hydrogen) atoms. The number of halogens is 3. The van der Waals surface area contributed by atoms with Crippen LogP contribution >= 0.6 is 0 Å². The third-order valence-electron chi connectivity index (χ3n) is 5.69. The lowest BCUT2D eigenvalue weighted by Crippen LogP contribution is -2.30. The van der Waals surface area contributed by atoms with Crippen LogP contribution in [0.1, 0.15) is 35.7 Å². The van der Waals surface area contributed by atoms with E-state index in [1.165, 1.54) is 42.5 Å². The highest BCUT2D eigenvalue weighted by Gasteiger charge is 2.48. The molecule has 0 radical (unpaired) electrons. The van der Waals surface area contributed by atoms with Gasteiger partial charge in [-0.1, -0.05) is 23.8 Å². The van der Waals surface area contributed by atoms with E-state index in [1.807, 2.05) is 13.0 Å². The summed E-state index contributed by atoms with van der Waals surface area (Å²) >= 11 is 0. The minimum absolute atomic E-state index is 0.106. The Morgan fingerprint density at radius 1 is 1.00 bits per heavy atom. The number of rotatable bonds is 3. The number of hydrogen-bond acceptors (Lipinski definition) is 3. The molecule has 1 aliphatic carbocycles. The van der Waals surface area contributed by atoms with Gasteiger partial charge in [0.05, 0.1) is 28.8 Å². The normalized spacial score (nSPS) is 21.0. The summed E-state index contributed by atoms with van der Waals surface area (Å²) in [5, 5.41) is 2.27. The fraction of sp³-hybridized carbons (Fsp3) is 0.261. The summed E-state index contributed by atoms with van der Waals surface area (Å²) in [6, 6.07) is 10.4. The number of imide groups is 1. The molecule has 1 N–H and O–H groups in total. The Balaban J connectivity index is 1.53. The first-order valence-electron chi connectivity index (χ1n) is 9.78. The third kappa shape index (κ3) is 3.85. The van der Waals surface area contributed by atoms with E-state index in [1.54, 1.807) is 0 Å². The fourth-order valence-corrected chi connectivity index (χ4v) is 4.09. The monoisotopic (exact) mass is 428 g/mol. The Labute approximate surface area is 176 Å². The predicted molar refractivity (Wildman–Crippen MR) is 108 cm³/mol. The number of nitrogens with one attached hydrogen (secondary N) is 1. The van der Waals surface area contributed by atoms with Crippen molar-refractivity contribution in [2.24, 2.45) is 11.8 Å². The first kappa shape index (κ1) is 20.8. The molecule has 0 saturated carbocycles. The van der Waals surface area contributed by atoms with E-state index in [0.29, 0.717) is 18.5 Å². The maximum atomic E-state index is 13.1. The van der Waals surface area contributed by atoms with Crippen LogP contribution in [0.4, 0.5) is 24.5 Å². The summed E-state index contributed by atoms with van der Waals surface area (Å²) in [6.07, 6.45) is -1.56. The fourth-order valence-electron chi connectivity index (χ4n) is 4.09. The number of carbonyl (C=O) groups is 3. The highest BCUT2D eigenvalue weighted by molar-refractivity contribution is 6.22. The lowest BCUT2D eigenvalue weighted by Gasteiger charge is -2.18. The van der Waals surface area contributed by atoms with E-state index in [0.717, 1.165) is 16.5 Å². The van der Waals surface area contributed by atoms with E-state index in [9.17, 15) is 27.6 Å². The smallest absolute Gasteiger partial charge is 0.321 e. The van der Waals surface area contributed by atoms with Gasteiger partial charge in [0, 0.05) is 5.56 Å². The summed E-state index contributed by atoms with van der Waals surface area (Å²) in [5.74, 6) is -2.01. The lowest BCUT2D eigenvalue weighted by atomic mass is 9.82. The number of anilines is 2. The summed E-state index contributed by atoms with van der Waals surface area (Å²) < 4.78 is 39.4. The third-order valence-corrected chi connectivity index (χ3v) is 5.69. The van der Waals surface area contributed by atoms with Crippen molar-refractivity contribution in [3.8, 4) is 0 Å². The zero-order valence-electron chi connectivity index (χ0n) is 16.6. The van der Waals surface area contributed by atoms with Gasteiger partial charge >= 0.3 is 6.18 Å². The Kier molecular flexibility index (Phi) is 5.16. The highest BCUT2D eigenvalue weighted by Crippen LogP contribution is 2.40. The molecule has 3 amide bonds. The number of nitrogens with zero attached hydrogens (tertiary/aromatic N) is 1. The number of amides is 3. The molecular weight excluding hydrogens is 409 g/mol. The molecule has 1 fully saturated rings. The van der Waals surface area contributed by atoms with Gasteiger partial charge in [-0.25, -0.2) is 0 Å². The average molecular weight is 428 g/mol. The van der Waals surface area contributed by atoms with Gasteiger partial charge in [-0.2, -0.15) is 13.2 Å². The van der Waals surface area contributed by atoms with Crippen molar-refractivity contribution >= 4 is 29.1 Å². The average Bonchev–Trinajstić information content (AvgIpc) is 2.97. The van der Waals surface area contributed by atoms with Crippen LogP contribution in [0.15, 0.2) is 60.2 Å². The minimum Gasteiger partial charge on any atom is -0.321 e. The largest absolute Gasteiger partial charge is 0.418 e. The highest BCUT2D eigenvalue weighted by atomic mass is 19.4. The topological polar surface area (TPSA) is 66.5 Å². The second kappa shape index (κ2) is 7.68. The number of benzene rings is 2. The predicted octanol–water partition coefficient (Wildman–Crippen LogP) is 4.80. The van der Waals surface area contributed by atoms with Gasteiger partial charge in [0.25, 0.3) is 5.91 Å². The Morgan fingerprint density at radius 3 is 2.32 bits per heavy atom. The summed E-state index contributed by atoms with van der Waals surface area (Å²) in [7, 11) is 0. The second-order valence-electron chi connectivity index (χ2n) is 7.76. The molecule has 4 rings (SSSR count). The van der Waals surface area contributed by atoms with Crippen LogP contribution in [0.3, 0.4) is 0 Å². The van der Waals surface area contributed by atoms with Gasteiger partial charge in [-0.05, 0) is 56.2 Å². The first-order valence-corrected chi connectivity index (χ1v) is 9.78. The molecule has 2 aliphatic rings. The Morgan fingerprint density at radius 2 is 1.65 bits per heavy atom. The van der Waals surface area contributed by atoms with Crippen LogP contribution in [-0.2, 0) is 15.8 Å². The molecule has 1 saturated heterocycles. The summed E-state index contributed by atoms with van der Waals surface area (Å²) in [6.45, 7) is 1.93. The number of fused-ring (bicyclic) bond motifs is 1. The van der Waals surface area contributed by atoms with Crippen LogP contribution in [0.25, 0.3) is 0 Å². The maximum Gasteiger partial charge on any atom is 0.418 e. The minimum atomic E-state index is -4.60. The molecule has 2 unspecified atom stereocenters. The van der Waals surface area contributed by atoms with Crippen molar-refractivity contribution in [2.75, 3.05) is 10.2 Å². The van der Waals surface area contributed by atoms with Gasteiger partial charge < -0.3 is 5.32 Å². The Bertz CT molecular complexity index is 1090. The molecule has 0 spiro atoms. The maximum absolute atomic E-state index is 13.1. The SMILES string of the molecule is CC1=CCC2C(=O)N(c3ccc(C(=O)Nc4ccccc4C(F)(F)F)cc3)C(=O)C2C1. The van der Waals surface area contributed by atoms with E-state index in [-0.39, 0.29) is 34.9 Å². The van der Waals surface area contributed by atoms with Gasteiger partial charge in [-0.3, -0.25) is 19.3 Å². The van der Waals surface area contributed by atoms with Gasteiger partial charge in [0.2, 0.25) is 11.8 Å². The van der Waals surface area contributed by atoms with Crippen molar-refractivity contribution in [3.05, 3.63) is 71.3 Å². The number of hydrogen-bond donors (Lipinski definition) is 1. The van der Waals surface area contributed by atoms with Crippen molar-refractivity contribution < 1.29 is 27.6 Å². The molecule has 0 aromatic heterocycles. The molecule has 2 aromatic carbocycles. The molecule has 160 valence electrons. The van der Waals surface area contributed by atoms with Crippen LogP contribution in [0, 0.1) is 11.8 Å². The molecule has 5 nitrogen and oxygen atoms in total. The number of para-hydroxylation sites is 1. The Hall–Kier alpha value is -3.42. The quantitative estimate of drug-likeness (QED) is 0.564. The van der Waals surface area contributed by atoms with E-state index >= 15 is 0 Å². The van der Waals surface area contributed by atoms with Crippen molar-refractivity contribution in [2.45, 2.75) is 25.9 Å². The van der Waals surface area contributed by atoms with Crippen molar-refractivity contribution in [1.29, 1.82) is 0 Å². The standard InChI is InChI=1S/C23H19F3N2O3/c1-13-6-11-16-17(12-13)22(31)28(21(16)30)15-9-7-14(8-10-15)20(29)27-19-5-3-2-4-18(19)23(24,25)26/h2-10,16-17H,11-12H2,1H3,(H,27,29). The van der Waals surface area contributed by atoms with Gasteiger partial charge in [0.15, 0.2) is 0 Å². The number of alkyl halides is 3. The lowest BCUT2D eigenvalue weighted by molar-refractivity contribution is -0.137. The zero-order chi connectivity index (χ0) is 22.3. The van der Waals surface area contributed by atoms with Gasteiger partial charge in [0.1, 0.15) is 0 Å². The number of allylic oxidation sites excluding steroid dienone is 2.